The maximum absolute atomic E-state index is 10.8. The minimum absolute atomic E-state index is 0. The predicted molar refractivity (Wildman–Crippen MR) is 111 cm³/mol. The molecule has 2 aromatic rings. The molecule has 0 radical (unpaired) electrons. The van der Waals surface area contributed by atoms with Crippen LogP contribution >= 0.6 is 25.3 Å². The number of thiol groups is 2. The molecule has 0 spiro atoms. The molecule has 0 aromatic heterocycles. The number of aromatic carboxylic acids is 1. The number of carbonyl (C=O) groups is 2. The van der Waals surface area contributed by atoms with E-state index in [9.17, 15) is 9.59 Å². The van der Waals surface area contributed by atoms with Crippen LogP contribution in [-0.4, -0.2) is 30.1 Å². The van der Waals surface area contributed by atoms with E-state index in [0.717, 1.165) is 18.1 Å². The fourth-order valence-corrected chi connectivity index (χ4v) is 2.51. The molecule has 0 amide bonds. The van der Waals surface area contributed by atoms with Crippen LogP contribution in [0.2, 0.25) is 0 Å². The van der Waals surface area contributed by atoms with Crippen LogP contribution in [0.3, 0.4) is 0 Å². The molecule has 0 atom stereocenters. The standard InChI is InChI=1S/C8H8OS.C7H6O2S.C4H8O.CH3.Li/c1-6(9)7-4-2-3-5-8(7)10;8-7(9)5-3-1-2-4-6(5)10;1-2-4-5-3-1;;/h2-5,10H,1H3;1-4,10H,(H,8,9);1-4H2;1H3;/q;;;-1;+1. The number of ether oxygens (including phenoxy) is 1. The Morgan fingerprint density at radius 3 is 1.52 bits per heavy atom. The van der Waals surface area contributed by atoms with Crippen molar-refractivity contribution in [1.29, 1.82) is 0 Å². The molecule has 1 heterocycles. The van der Waals surface area contributed by atoms with Crippen LogP contribution in [0.25, 0.3) is 0 Å². The van der Waals surface area contributed by atoms with Crippen molar-refractivity contribution in [3.05, 3.63) is 67.1 Å². The Morgan fingerprint density at radius 1 is 0.889 bits per heavy atom. The number of rotatable bonds is 2. The molecule has 2 aromatic carbocycles. The molecule has 1 N–H and O–H groups in total. The molecule has 1 aliphatic heterocycles. The van der Waals surface area contributed by atoms with E-state index >= 15 is 0 Å². The number of carboxylic acids is 1. The second-order valence-corrected chi connectivity index (χ2v) is 6.18. The van der Waals surface area contributed by atoms with E-state index in [-0.39, 0.29) is 37.6 Å². The van der Waals surface area contributed by atoms with E-state index in [1.54, 1.807) is 30.3 Å². The van der Waals surface area contributed by atoms with Crippen LogP contribution < -0.4 is 18.9 Å². The van der Waals surface area contributed by atoms with Crippen molar-refractivity contribution in [2.45, 2.75) is 29.6 Å². The maximum atomic E-state index is 10.8. The van der Waals surface area contributed by atoms with Gasteiger partial charge in [0.05, 0.1) is 5.56 Å². The summed E-state index contributed by atoms with van der Waals surface area (Å²) < 4.78 is 4.94. The Bertz CT molecular complexity index is 641. The van der Waals surface area contributed by atoms with E-state index in [4.69, 9.17) is 9.84 Å². The van der Waals surface area contributed by atoms with Crippen LogP contribution in [0, 0.1) is 7.43 Å². The SMILES string of the molecule is C1CCOC1.CC(=O)c1ccccc1S.O=C(O)c1ccccc1S.[CH3-].[Li+]. The molecule has 1 aliphatic rings. The molecule has 27 heavy (non-hydrogen) atoms. The van der Waals surface area contributed by atoms with Crippen LogP contribution in [0.5, 0.6) is 0 Å². The van der Waals surface area contributed by atoms with Gasteiger partial charge in [-0.05, 0) is 38.0 Å². The molecule has 1 fully saturated rings. The minimum Gasteiger partial charge on any atom is -0.478 e. The second kappa shape index (κ2) is 15.9. The van der Waals surface area contributed by atoms with Gasteiger partial charge in [-0.25, -0.2) is 4.79 Å². The van der Waals surface area contributed by atoms with Crippen LogP contribution in [0.1, 0.15) is 40.5 Å². The third-order valence-corrected chi connectivity index (χ3v) is 4.03. The Labute approximate surface area is 184 Å². The first-order chi connectivity index (χ1) is 11.9. The quantitative estimate of drug-likeness (QED) is 0.313. The zero-order chi connectivity index (χ0) is 18.7. The molecule has 0 unspecified atom stereocenters. The van der Waals surface area contributed by atoms with Crippen molar-refractivity contribution < 1.29 is 38.3 Å². The predicted octanol–water partition coefficient (Wildman–Crippen LogP) is 2.10. The Hall–Kier alpha value is -1.16. The number of benzene rings is 2. The van der Waals surface area contributed by atoms with Crippen molar-refractivity contribution in [3.8, 4) is 0 Å². The molecular formula is C20H25LiO4S2. The fraction of sp³-hybridized carbons (Fsp3) is 0.250. The molecule has 0 bridgehead atoms. The summed E-state index contributed by atoms with van der Waals surface area (Å²) in [7, 11) is 0. The van der Waals surface area contributed by atoms with Gasteiger partial charge < -0.3 is 17.3 Å². The van der Waals surface area contributed by atoms with Gasteiger partial charge in [-0.1, -0.05) is 30.3 Å². The first-order valence-corrected chi connectivity index (χ1v) is 8.71. The van der Waals surface area contributed by atoms with Crippen molar-refractivity contribution >= 4 is 37.0 Å². The Kier molecular flexibility index (Phi) is 16.5. The zero-order valence-corrected chi connectivity index (χ0v) is 17.8. The smallest absolute Gasteiger partial charge is 0.478 e. The summed E-state index contributed by atoms with van der Waals surface area (Å²) in [6.45, 7) is 3.54. The summed E-state index contributed by atoms with van der Waals surface area (Å²) in [5, 5.41) is 8.52. The van der Waals surface area contributed by atoms with E-state index in [2.05, 4.69) is 25.3 Å². The average Bonchev–Trinajstić information content (AvgIpc) is 3.15. The van der Waals surface area contributed by atoms with E-state index in [0.29, 0.717) is 10.5 Å². The van der Waals surface area contributed by atoms with E-state index in [1.807, 2.05) is 12.1 Å². The largest absolute Gasteiger partial charge is 1.00 e. The minimum atomic E-state index is -0.939. The normalized spacial score (nSPS) is 11.4. The summed E-state index contributed by atoms with van der Waals surface area (Å²) in [6.07, 6.45) is 2.56. The van der Waals surface area contributed by atoms with Gasteiger partial charge in [0, 0.05) is 28.6 Å². The van der Waals surface area contributed by atoms with Crippen LogP contribution in [0.4, 0.5) is 0 Å². The third-order valence-electron chi connectivity index (χ3n) is 3.25. The van der Waals surface area contributed by atoms with Crippen molar-refractivity contribution in [1.82, 2.24) is 0 Å². The van der Waals surface area contributed by atoms with E-state index in [1.165, 1.54) is 25.8 Å². The number of ketones is 1. The molecular weight excluding hydrogens is 375 g/mol. The summed E-state index contributed by atoms with van der Waals surface area (Å²) in [5.74, 6) is -0.879. The number of hydrogen-bond acceptors (Lipinski definition) is 5. The molecule has 0 aliphatic carbocycles. The first kappa shape index (κ1) is 28.1. The maximum Gasteiger partial charge on any atom is 1.00 e. The van der Waals surface area contributed by atoms with Crippen molar-refractivity contribution in [3.63, 3.8) is 0 Å². The summed E-state index contributed by atoms with van der Waals surface area (Å²) in [6, 6.07) is 13.8. The van der Waals surface area contributed by atoms with Gasteiger partial charge in [0.1, 0.15) is 0 Å². The third kappa shape index (κ3) is 11.3. The topological polar surface area (TPSA) is 63.6 Å². The molecule has 0 saturated carbocycles. The van der Waals surface area contributed by atoms with Gasteiger partial charge in [-0.15, -0.1) is 25.3 Å². The molecule has 4 nitrogen and oxygen atoms in total. The molecule has 7 heteroatoms. The number of hydrogen-bond donors (Lipinski definition) is 3. The second-order valence-electron chi connectivity index (χ2n) is 5.22. The zero-order valence-electron chi connectivity index (χ0n) is 16.0. The summed E-state index contributed by atoms with van der Waals surface area (Å²) >= 11 is 8.07. The monoisotopic (exact) mass is 400 g/mol. The van der Waals surface area contributed by atoms with Gasteiger partial charge in [0.2, 0.25) is 0 Å². The average molecular weight is 400 g/mol. The van der Waals surface area contributed by atoms with Gasteiger partial charge >= 0.3 is 24.8 Å². The van der Waals surface area contributed by atoms with Crippen molar-refractivity contribution in [2.24, 2.45) is 0 Å². The number of Topliss-reactive ketones (excluding diaryl/α,β-unsaturated/α-hetero) is 1. The van der Waals surface area contributed by atoms with Crippen molar-refractivity contribution in [2.75, 3.05) is 13.2 Å². The van der Waals surface area contributed by atoms with Gasteiger partial charge in [0.15, 0.2) is 5.78 Å². The summed E-state index contributed by atoms with van der Waals surface area (Å²) in [5.41, 5.74) is 0.927. The fourth-order valence-electron chi connectivity index (χ4n) is 1.94. The van der Waals surface area contributed by atoms with Crippen LogP contribution in [-0.2, 0) is 4.74 Å². The van der Waals surface area contributed by atoms with E-state index < -0.39 is 5.97 Å². The Morgan fingerprint density at radius 2 is 1.30 bits per heavy atom. The number of carboxylic acid groups (broad SMARTS) is 1. The molecule has 142 valence electrons. The van der Waals surface area contributed by atoms with Gasteiger partial charge in [-0.2, -0.15) is 0 Å². The molecule has 3 rings (SSSR count). The first-order valence-electron chi connectivity index (χ1n) is 7.81. The number of carbonyl (C=O) groups excluding carboxylic acids is 1. The molecule has 1 saturated heterocycles. The summed E-state index contributed by atoms with van der Waals surface area (Å²) in [4.78, 5) is 22.4. The Balaban J connectivity index is 0. The van der Waals surface area contributed by atoms with Crippen LogP contribution in [0.15, 0.2) is 58.3 Å². The van der Waals surface area contributed by atoms with Gasteiger partial charge in [0.25, 0.3) is 0 Å². The van der Waals surface area contributed by atoms with Gasteiger partial charge in [-0.3, -0.25) is 4.79 Å².